The van der Waals surface area contributed by atoms with Crippen molar-refractivity contribution in [2.75, 3.05) is 11.9 Å². The summed E-state index contributed by atoms with van der Waals surface area (Å²) in [5, 5.41) is 1.10. The van der Waals surface area contributed by atoms with E-state index in [1.807, 2.05) is 0 Å². The smallest absolute Gasteiger partial charge is 0.0159 e. The fourth-order valence-electron chi connectivity index (χ4n) is 2.28. The Hall–Kier alpha value is 0.440. The van der Waals surface area contributed by atoms with Gasteiger partial charge in [0.2, 0.25) is 0 Å². The Balaban J connectivity index is 4.36. The van der Waals surface area contributed by atoms with Crippen LogP contribution in [0.4, 0.5) is 0 Å². The Morgan fingerprint density at radius 2 is 1.21 bits per heavy atom. The molecule has 0 aliphatic rings. The van der Waals surface area contributed by atoms with Crippen LogP contribution in [0, 0.1) is 0 Å². The molecule has 0 aromatic heterocycles. The molecule has 0 atom stereocenters. The third kappa shape index (κ3) is 4.31. The lowest BCUT2D eigenvalue weighted by atomic mass is 10.0. The minimum absolute atomic E-state index is 0.775. The predicted molar refractivity (Wildman–Crippen MR) is 69.2 cm³/mol. The molecule has 0 radical (unpaired) electrons. The van der Waals surface area contributed by atoms with Crippen LogP contribution in [0.3, 0.4) is 0 Å². The van der Waals surface area contributed by atoms with Crippen LogP contribution in [0.15, 0.2) is 0 Å². The molecule has 0 unspecified atom stereocenters. The fraction of sp³-hybridized carbons (Fsp3) is 1.00. The fourth-order valence-corrected chi connectivity index (χ4v) is 2.69. The normalized spacial score (nSPS) is 12.0. The third-order valence-electron chi connectivity index (χ3n) is 3.17. The summed E-state index contributed by atoms with van der Waals surface area (Å²) < 4.78 is 0. The highest BCUT2D eigenvalue weighted by molar-refractivity contribution is 9.09. The largest absolute Gasteiger partial charge is 0.297 e. The van der Waals surface area contributed by atoms with Crippen LogP contribution in [0.25, 0.3) is 0 Å². The highest BCUT2D eigenvalue weighted by Crippen LogP contribution is 2.17. The monoisotopic (exact) mass is 263 g/mol. The molecule has 2 heteroatoms. The number of halogens is 1. The zero-order valence-corrected chi connectivity index (χ0v) is 11.8. The molecule has 14 heavy (non-hydrogen) atoms. The zero-order valence-electron chi connectivity index (χ0n) is 10.2. The molecule has 0 amide bonds. The minimum Gasteiger partial charge on any atom is -0.297 e. The number of hydrogen-bond acceptors (Lipinski definition) is 1. The van der Waals surface area contributed by atoms with E-state index in [2.05, 4.69) is 48.5 Å². The van der Waals surface area contributed by atoms with Crippen molar-refractivity contribution in [1.29, 1.82) is 0 Å². The summed E-state index contributed by atoms with van der Waals surface area (Å²) >= 11 is 3.56. The van der Waals surface area contributed by atoms with Gasteiger partial charge in [0, 0.05) is 24.0 Å². The average Bonchev–Trinajstić information content (AvgIpc) is 2.21. The molecule has 0 heterocycles. The molecule has 86 valence electrons. The molecule has 1 nitrogen and oxygen atoms in total. The summed E-state index contributed by atoms with van der Waals surface area (Å²) in [5.41, 5.74) is 0. The van der Waals surface area contributed by atoms with Crippen molar-refractivity contribution >= 4 is 15.9 Å². The molecule has 0 rings (SSSR count). The first-order chi connectivity index (χ1) is 6.74. The number of rotatable bonds is 8. The van der Waals surface area contributed by atoms with Crippen molar-refractivity contribution in [2.45, 2.75) is 65.5 Å². The Morgan fingerprint density at radius 1 is 0.857 bits per heavy atom. The van der Waals surface area contributed by atoms with Gasteiger partial charge in [0.1, 0.15) is 0 Å². The lowest BCUT2D eigenvalue weighted by Crippen LogP contribution is -2.43. The van der Waals surface area contributed by atoms with E-state index < -0.39 is 0 Å². The molecule has 0 fully saturated rings. The van der Waals surface area contributed by atoms with E-state index in [-0.39, 0.29) is 0 Å². The van der Waals surface area contributed by atoms with Gasteiger partial charge in [-0.05, 0) is 25.7 Å². The van der Waals surface area contributed by atoms with Gasteiger partial charge in [-0.15, -0.1) is 0 Å². The molecule has 0 saturated carbocycles. The molecule has 0 aromatic carbocycles. The molecular formula is C12H26BrN. The van der Waals surface area contributed by atoms with Crippen LogP contribution >= 0.6 is 15.9 Å². The van der Waals surface area contributed by atoms with E-state index in [9.17, 15) is 0 Å². The lowest BCUT2D eigenvalue weighted by Gasteiger charge is -2.36. The quantitative estimate of drug-likeness (QED) is 0.597. The second kappa shape index (κ2) is 8.72. The van der Waals surface area contributed by atoms with Gasteiger partial charge in [-0.1, -0.05) is 43.6 Å². The van der Waals surface area contributed by atoms with Gasteiger partial charge < -0.3 is 0 Å². The first-order valence-corrected chi connectivity index (χ1v) is 7.18. The molecule has 0 aliphatic heterocycles. The molecule has 0 spiro atoms. The van der Waals surface area contributed by atoms with Crippen molar-refractivity contribution in [3.8, 4) is 0 Å². The maximum atomic E-state index is 3.56. The van der Waals surface area contributed by atoms with E-state index >= 15 is 0 Å². The van der Waals surface area contributed by atoms with Crippen LogP contribution in [0.5, 0.6) is 0 Å². The maximum Gasteiger partial charge on any atom is 0.0159 e. The van der Waals surface area contributed by atoms with Gasteiger partial charge in [0.05, 0.1) is 0 Å². The number of nitrogens with zero attached hydrogens (tertiary/aromatic N) is 1. The average molecular weight is 264 g/mol. The van der Waals surface area contributed by atoms with E-state index in [4.69, 9.17) is 0 Å². The summed E-state index contributed by atoms with van der Waals surface area (Å²) in [5.74, 6) is 0. The topological polar surface area (TPSA) is 3.24 Å². The summed E-state index contributed by atoms with van der Waals surface area (Å²) in [7, 11) is 0. The maximum absolute atomic E-state index is 3.56. The van der Waals surface area contributed by atoms with Gasteiger partial charge in [-0.2, -0.15) is 0 Å². The minimum atomic E-state index is 0.775. The number of hydrogen-bond donors (Lipinski definition) is 0. The van der Waals surface area contributed by atoms with Crippen molar-refractivity contribution in [1.82, 2.24) is 4.90 Å². The Kier molecular flexibility index (Phi) is 9.00. The summed E-state index contributed by atoms with van der Waals surface area (Å²) in [6.07, 6.45) is 5.11. The van der Waals surface area contributed by atoms with Crippen LogP contribution < -0.4 is 0 Å². The first kappa shape index (κ1) is 14.4. The van der Waals surface area contributed by atoms with Crippen molar-refractivity contribution in [3.05, 3.63) is 0 Å². The standard InChI is InChI=1S/C12H26BrN/c1-5-11(6-2)14(10-9-13)12(7-3)8-4/h11-12H,5-10H2,1-4H3. The molecule has 0 aromatic rings. The van der Waals surface area contributed by atoms with Crippen LogP contribution in [0.1, 0.15) is 53.4 Å². The van der Waals surface area contributed by atoms with Crippen molar-refractivity contribution < 1.29 is 0 Å². The highest BCUT2D eigenvalue weighted by atomic mass is 79.9. The summed E-state index contributed by atoms with van der Waals surface area (Å²) in [6.45, 7) is 10.4. The van der Waals surface area contributed by atoms with E-state index in [0.29, 0.717) is 0 Å². The lowest BCUT2D eigenvalue weighted by molar-refractivity contribution is 0.128. The second-order valence-corrected chi connectivity index (χ2v) is 4.66. The van der Waals surface area contributed by atoms with E-state index in [1.165, 1.54) is 32.2 Å². The molecule has 0 saturated heterocycles. The van der Waals surface area contributed by atoms with Gasteiger partial charge in [0.15, 0.2) is 0 Å². The second-order valence-electron chi connectivity index (χ2n) is 3.87. The predicted octanol–water partition coefficient (Wildman–Crippen LogP) is 4.06. The van der Waals surface area contributed by atoms with E-state index in [0.717, 1.165) is 17.4 Å². The first-order valence-electron chi connectivity index (χ1n) is 6.06. The van der Waals surface area contributed by atoms with Crippen LogP contribution in [-0.2, 0) is 0 Å². The molecule has 0 bridgehead atoms. The van der Waals surface area contributed by atoms with Gasteiger partial charge in [-0.3, -0.25) is 4.90 Å². The summed E-state index contributed by atoms with van der Waals surface area (Å²) in [6, 6.07) is 1.55. The van der Waals surface area contributed by atoms with Crippen LogP contribution in [-0.4, -0.2) is 28.9 Å². The van der Waals surface area contributed by atoms with Gasteiger partial charge in [-0.25, -0.2) is 0 Å². The number of alkyl halides is 1. The Morgan fingerprint density at radius 3 is 1.43 bits per heavy atom. The van der Waals surface area contributed by atoms with Gasteiger partial charge >= 0.3 is 0 Å². The molecular weight excluding hydrogens is 238 g/mol. The zero-order chi connectivity index (χ0) is 11.0. The third-order valence-corrected chi connectivity index (χ3v) is 3.52. The van der Waals surface area contributed by atoms with Gasteiger partial charge in [0.25, 0.3) is 0 Å². The summed E-state index contributed by atoms with van der Waals surface area (Å²) in [4.78, 5) is 2.69. The van der Waals surface area contributed by atoms with Crippen molar-refractivity contribution in [2.24, 2.45) is 0 Å². The molecule has 0 aliphatic carbocycles. The van der Waals surface area contributed by atoms with Crippen LogP contribution in [0.2, 0.25) is 0 Å². The Labute approximate surface area is 98.4 Å². The SMILES string of the molecule is CCC(CC)N(CCBr)C(CC)CC. The Bertz CT molecular complexity index is 107. The highest BCUT2D eigenvalue weighted by Gasteiger charge is 2.20. The van der Waals surface area contributed by atoms with E-state index in [1.54, 1.807) is 0 Å². The molecule has 0 N–H and O–H groups in total. The van der Waals surface area contributed by atoms with Crippen molar-refractivity contribution in [3.63, 3.8) is 0 Å².